The minimum Gasteiger partial charge on any atom is -0.376 e. The molecule has 0 aliphatic carbocycles. The molecule has 0 aromatic carbocycles. The predicted molar refractivity (Wildman–Crippen MR) is 48.7 cm³/mol. The summed E-state index contributed by atoms with van der Waals surface area (Å²) in [6.45, 7) is 7.81. The SMILES string of the molecule is CO[C@H]1CO[C@]2(C)[C@@H](C)CO[C@]12C. The molecule has 2 heterocycles. The zero-order valence-corrected chi connectivity index (χ0v) is 8.79. The van der Waals surface area contributed by atoms with Gasteiger partial charge in [-0.05, 0) is 13.8 Å². The number of methoxy groups -OCH3 is 1. The molecule has 0 aromatic rings. The summed E-state index contributed by atoms with van der Waals surface area (Å²) >= 11 is 0. The molecule has 2 rings (SSSR count). The maximum absolute atomic E-state index is 5.83. The van der Waals surface area contributed by atoms with Crippen molar-refractivity contribution in [3.05, 3.63) is 0 Å². The first-order valence-electron chi connectivity index (χ1n) is 4.85. The van der Waals surface area contributed by atoms with E-state index in [1.807, 2.05) is 0 Å². The maximum Gasteiger partial charge on any atom is 0.123 e. The molecular formula is C10H18O3. The van der Waals surface area contributed by atoms with E-state index in [9.17, 15) is 0 Å². The fourth-order valence-corrected chi connectivity index (χ4v) is 2.49. The summed E-state index contributed by atoms with van der Waals surface area (Å²) in [5.74, 6) is 0.442. The third-order valence-corrected chi connectivity index (χ3v) is 3.99. The van der Waals surface area contributed by atoms with Gasteiger partial charge < -0.3 is 14.2 Å². The van der Waals surface area contributed by atoms with Crippen LogP contribution in [0.15, 0.2) is 0 Å². The zero-order valence-electron chi connectivity index (χ0n) is 8.79. The van der Waals surface area contributed by atoms with Crippen molar-refractivity contribution in [1.29, 1.82) is 0 Å². The highest BCUT2D eigenvalue weighted by atomic mass is 16.6. The van der Waals surface area contributed by atoms with Crippen molar-refractivity contribution in [2.45, 2.75) is 38.1 Å². The lowest BCUT2D eigenvalue weighted by Crippen LogP contribution is -2.51. The molecule has 4 atom stereocenters. The Morgan fingerprint density at radius 2 is 1.77 bits per heavy atom. The number of ether oxygens (including phenoxy) is 3. The molecule has 0 saturated carbocycles. The van der Waals surface area contributed by atoms with E-state index < -0.39 is 0 Å². The van der Waals surface area contributed by atoms with Crippen molar-refractivity contribution in [3.8, 4) is 0 Å². The van der Waals surface area contributed by atoms with Crippen molar-refractivity contribution in [2.75, 3.05) is 20.3 Å². The van der Waals surface area contributed by atoms with Crippen molar-refractivity contribution < 1.29 is 14.2 Å². The van der Waals surface area contributed by atoms with E-state index in [1.54, 1.807) is 7.11 Å². The van der Waals surface area contributed by atoms with Crippen molar-refractivity contribution in [2.24, 2.45) is 5.92 Å². The largest absolute Gasteiger partial charge is 0.376 e. The van der Waals surface area contributed by atoms with E-state index >= 15 is 0 Å². The van der Waals surface area contributed by atoms with E-state index in [2.05, 4.69) is 20.8 Å². The number of fused-ring (bicyclic) bond motifs is 1. The Morgan fingerprint density at radius 3 is 2.38 bits per heavy atom. The van der Waals surface area contributed by atoms with Gasteiger partial charge in [0.05, 0.1) is 13.2 Å². The Balaban J connectivity index is 2.32. The molecule has 0 radical (unpaired) electrons. The molecule has 3 heteroatoms. The van der Waals surface area contributed by atoms with Crippen LogP contribution in [0.5, 0.6) is 0 Å². The van der Waals surface area contributed by atoms with Gasteiger partial charge in [-0.3, -0.25) is 0 Å². The van der Waals surface area contributed by atoms with Gasteiger partial charge in [0.15, 0.2) is 0 Å². The van der Waals surface area contributed by atoms with Crippen LogP contribution in [0.4, 0.5) is 0 Å². The molecule has 13 heavy (non-hydrogen) atoms. The number of hydrogen-bond acceptors (Lipinski definition) is 3. The molecule has 0 aromatic heterocycles. The smallest absolute Gasteiger partial charge is 0.123 e. The molecule has 0 bridgehead atoms. The van der Waals surface area contributed by atoms with Crippen molar-refractivity contribution in [3.63, 3.8) is 0 Å². The standard InChI is InChI=1S/C10H18O3/c1-7-5-12-10(3)8(11-4)6-13-9(7,10)2/h7-8H,5-6H2,1-4H3/t7-,8-,9+,10+/m0/s1. The molecule has 0 unspecified atom stereocenters. The van der Waals surface area contributed by atoms with Crippen molar-refractivity contribution >= 4 is 0 Å². The van der Waals surface area contributed by atoms with Gasteiger partial charge >= 0.3 is 0 Å². The van der Waals surface area contributed by atoms with Crippen LogP contribution in [-0.4, -0.2) is 37.6 Å². The second-order valence-corrected chi connectivity index (χ2v) is 4.46. The van der Waals surface area contributed by atoms with Gasteiger partial charge in [-0.25, -0.2) is 0 Å². The monoisotopic (exact) mass is 186 g/mol. The Labute approximate surface area is 79.4 Å². The first-order valence-corrected chi connectivity index (χ1v) is 4.85. The fraction of sp³-hybridized carbons (Fsp3) is 1.00. The molecule has 0 N–H and O–H groups in total. The van der Waals surface area contributed by atoms with Crippen LogP contribution < -0.4 is 0 Å². The lowest BCUT2D eigenvalue weighted by atomic mass is 9.79. The van der Waals surface area contributed by atoms with Gasteiger partial charge in [-0.15, -0.1) is 0 Å². The Kier molecular flexibility index (Phi) is 1.95. The zero-order chi connectivity index (χ0) is 9.69. The van der Waals surface area contributed by atoms with Crippen LogP contribution in [0.3, 0.4) is 0 Å². The van der Waals surface area contributed by atoms with Crippen LogP contribution in [0.2, 0.25) is 0 Å². The summed E-state index contributed by atoms with van der Waals surface area (Å²) in [4.78, 5) is 0. The average molecular weight is 186 g/mol. The molecule has 2 fully saturated rings. The van der Waals surface area contributed by atoms with E-state index in [0.29, 0.717) is 12.5 Å². The van der Waals surface area contributed by atoms with E-state index in [0.717, 1.165) is 6.61 Å². The van der Waals surface area contributed by atoms with Gasteiger partial charge in [0, 0.05) is 13.0 Å². The van der Waals surface area contributed by atoms with Crippen LogP contribution >= 0.6 is 0 Å². The molecule has 2 aliphatic heterocycles. The second kappa shape index (κ2) is 2.69. The maximum atomic E-state index is 5.83. The summed E-state index contributed by atoms with van der Waals surface area (Å²) in [6.07, 6.45) is 0.0717. The first-order chi connectivity index (χ1) is 6.04. The second-order valence-electron chi connectivity index (χ2n) is 4.46. The topological polar surface area (TPSA) is 27.7 Å². The minimum absolute atomic E-state index is 0.0717. The van der Waals surface area contributed by atoms with E-state index in [1.165, 1.54) is 0 Å². The quantitative estimate of drug-likeness (QED) is 0.616. The molecule has 2 saturated heterocycles. The molecule has 0 amide bonds. The highest BCUT2D eigenvalue weighted by Gasteiger charge is 2.64. The Bertz CT molecular complexity index is 218. The predicted octanol–water partition coefficient (Wildman–Crippen LogP) is 1.22. The summed E-state index contributed by atoms with van der Waals surface area (Å²) in [7, 11) is 1.72. The van der Waals surface area contributed by atoms with Crippen molar-refractivity contribution in [1.82, 2.24) is 0 Å². The third kappa shape index (κ3) is 0.953. The van der Waals surface area contributed by atoms with Crippen LogP contribution in [-0.2, 0) is 14.2 Å². The summed E-state index contributed by atoms with van der Waals surface area (Å²) in [5, 5.41) is 0. The highest BCUT2D eigenvalue weighted by molar-refractivity contribution is 5.12. The fourth-order valence-electron chi connectivity index (χ4n) is 2.49. The molecule has 3 nitrogen and oxygen atoms in total. The normalized spacial score (nSPS) is 55.4. The van der Waals surface area contributed by atoms with E-state index in [-0.39, 0.29) is 17.3 Å². The Hall–Kier alpha value is -0.120. The molecule has 76 valence electrons. The summed E-state index contributed by atoms with van der Waals surface area (Å²) in [6, 6.07) is 0. The minimum atomic E-state index is -0.263. The summed E-state index contributed by atoms with van der Waals surface area (Å²) in [5.41, 5.74) is -0.436. The molecule has 2 aliphatic rings. The van der Waals surface area contributed by atoms with Gasteiger partial charge in [0.1, 0.15) is 17.3 Å². The summed E-state index contributed by atoms with van der Waals surface area (Å²) < 4.78 is 17.1. The highest BCUT2D eigenvalue weighted by Crippen LogP contribution is 2.49. The van der Waals surface area contributed by atoms with Crippen LogP contribution in [0, 0.1) is 5.92 Å². The molecule has 0 spiro atoms. The average Bonchev–Trinajstić information content (AvgIpc) is 2.48. The van der Waals surface area contributed by atoms with Crippen LogP contribution in [0.1, 0.15) is 20.8 Å². The van der Waals surface area contributed by atoms with Crippen LogP contribution in [0.25, 0.3) is 0 Å². The molecular weight excluding hydrogens is 168 g/mol. The number of rotatable bonds is 1. The van der Waals surface area contributed by atoms with Gasteiger partial charge in [0.25, 0.3) is 0 Å². The third-order valence-electron chi connectivity index (χ3n) is 3.99. The lowest BCUT2D eigenvalue weighted by molar-refractivity contribution is -0.105. The number of hydrogen-bond donors (Lipinski definition) is 0. The van der Waals surface area contributed by atoms with Gasteiger partial charge in [-0.2, -0.15) is 0 Å². The first kappa shape index (κ1) is 9.44. The van der Waals surface area contributed by atoms with Gasteiger partial charge in [-0.1, -0.05) is 6.92 Å². The Morgan fingerprint density at radius 1 is 1.15 bits per heavy atom. The lowest BCUT2D eigenvalue weighted by Gasteiger charge is -2.35. The van der Waals surface area contributed by atoms with Gasteiger partial charge in [0.2, 0.25) is 0 Å². The van der Waals surface area contributed by atoms with E-state index in [4.69, 9.17) is 14.2 Å².